The summed E-state index contributed by atoms with van der Waals surface area (Å²) in [5.41, 5.74) is -0.512. The first-order valence-corrected chi connectivity index (χ1v) is 2.94. The van der Waals surface area contributed by atoms with Gasteiger partial charge in [0.15, 0.2) is 0 Å². The smallest absolute Gasteiger partial charge is 0.253 e. The molecule has 48 valence electrons. The van der Waals surface area contributed by atoms with E-state index in [1.807, 2.05) is 0 Å². The average Bonchev–Trinajstić information content (AvgIpc) is 1.83. The molecule has 1 aromatic heterocycles. The molecule has 0 radical (unpaired) electrons. The molecule has 0 N–H and O–H groups in total. The number of hydrogen-bond donors (Lipinski definition) is 0. The lowest BCUT2D eigenvalue weighted by Crippen LogP contribution is -2.25. The van der Waals surface area contributed by atoms with Crippen LogP contribution in [0.3, 0.4) is 0 Å². The van der Waals surface area contributed by atoms with E-state index in [0.29, 0.717) is 10.0 Å². The number of aromatic nitrogens is 1. The van der Waals surface area contributed by atoms with Crippen LogP contribution in [0.1, 0.15) is 0 Å². The molecule has 1 rings (SSSR count). The highest BCUT2D eigenvalue weighted by molar-refractivity contribution is 7.27. The Kier molecular flexibility index (Phi) is 1.54. The largest absolute Gasteiger partial charge is 0.803 e. The summed E-state index contributed by atoms with van der Waals surface area (Å²) in [7, 11) is 2.19. The van der Waals surface area contributed by atoms with E-state index in [4.69, 9.17) is 0 Å². The third-order valence-corrected chi connectivity index (χ3v) is 1.38. The van der Waals surface area contributed by atoms with Crippen LogP contribution in [0.15, 0.2) is 23.1 Å². The second-order valence-electron chi connectivity index (χ2n) is 1.59. The van der Waals surface area contributed by atoms with Crippen molar-refractivity contribution in [2.75, 3.05) is 0 Å². The van der Waals surface area contributed by atoms with Crippen molar-refractivity contribution in [2.45, 2.75) is 0 Å². The molecule has 0 fully saturated rings. The Hall–Kier alpha value is -0.820. The van der Waals surface area contributed by atoms with E-state index in [1.165, 1.54) is 12.3 Å². The van der Waals surface area contributed by atoms with Crippen LogP contribution >= 0.6 is 9.24 Å². The molecule has 0 bridgehead atoms. The van der Waals surface area contributed by atoms with Crippen LogP contribution in [-0.4, -0.2) is 4.73 Å². The zero-order valence-electron chi connectivity index (χ0n) is 4.57. The number of pyridine rings is 1. The Morgan fingerprint density at radius 1 is 1.67 bits per heavy atom. The van der Waals surface area contributed by atoms with Crippen molar-refractivity contribution in [3.63, 3.8) is 0 Å². The van der Waals surface area contributed by atoms with Crippen molar-refractivity contribution in [1.29, 1.82) is 0 Å². The van der Waals surface area contributed by atoms with Crippen molar-refractivity contribution >= 4 is 14.5 Å². The van der Waals surface area contributed by atoms with Crippen LogP contribution in [0.2, 0.25) is 0 Å². The predicted octanol–water partition coefficient (Wildman–Crippen LogP) is -0.305. The van der Waals surface area contributed by atoms with Gasteiger partial charge in [-0.3, -0.25) is 4.79 Å². The van der Waals surface area contributed by atoms with Crippen LogP contribution in [0, 0.1) is 5.21 Å². The van der Waals surface area contributed by atoms with Gasteiger partial charge >= 0.3 is 0 Å². The highest BCUT2D eigenvalue weighted by Gasteiger charge is 1.87. The minimum absolute atomic E-state index is 0.294. The van der Waals surface area contributed by atoms with Gasteiger partial charge in [-0.05, 0) is 12.1 Å². The molecule has 0 aliphatic heterocycles. The van der Waals surface area contributed by atoms with E-state index in [0.717, 1.165) is 0 Å². The first-order chi connectivity index (χ1) is 4.22. The number of rotatable bonds is 0. The van der Waals surface area contributed by atoms with Crippen LogP contribution in [-0.2, 0) is 0 Å². The maximum absolute atomic E-state index is 10.6. The molecule has 3 nitrogen and oxygen atoms in total. The monoisotopic (exact) mass is 142 g/mol. The Labute approximate surface area is 54.1 Å². The summed E-state index contributed by atoms with van der Waals surface area (Å²) in [6.07, 6.45) is 1.18. The molecule has 1 heterocycles. The van der Waals surface area contributed by atoms with Gasteiger partial charge in [0, 0.05) is 11.5 Å². The van der Waals surface area contributed by atoms with Crippen molar-refractivity contribution in [2.24, 2.45) is 0 Å². The van der Waals surface area contributed by atoms with Crippen molar-refractivity contribution in [3.05, 3.63) is 33.9 Å². The summed E-state index contributed by atoms with van der Waals surface area (Å²) in [4.78, 5) is 10.6. The maximum atomic E-state index is 10.6. The molecule has 1 aromatic rings. The molecule has 0 spiro atoms. The zero-order valence-corrected chi connectivity index (χ0v) is 5.73. The molecule has 0 aliphatic carbocycles. The van der Waals surface area contributed by atoms with Gasteiger partial charge in [0.25, 0.3) is 5.56 Å². The van der Waals surface area contributed by atoms with Crippen molar-refractivity contribution < 1.29 is 0 Å². The molecule has 0 saturated carbocycles. The standard InChI is InChI=1S/C5H5NO2P/c7-5-4(9)2-1-3-6(5)8/h1-3H,9H2/q-1. The third kappa shape index (κ3) is 1.11. The van der Waals surface area contributed by atoms with Gasteiger partial charge in [-0.25, -0.2) is 0 Å². The lowest BCUT2D eigenvalue weighted by molar-refractivity contribution is 1.02. The summed E-state index contributed by atoms with van der Waals surface area (Å²) < 4.78 is 0.294. The van der Waals surface area contributed by atoms with Gasteiger partial charge in [0.2, 0.25) is 0 Å². The Bertz CT molecular complexity index is 245. The topological polar surface area (TPSA) is 45.1 Å². The Morgan fingerprint density at radius 2 is 2.33 bits per heavy atom. The summed E-state index contributed by atoms with van der Waals surface area (Å²) in [5.74, 6) is 0. The van der Waals surface area contributed by atoms with Gasteiger partial charge < -0.3 is 9.94 Å². The molecular weight excluding hydrogens is 137 g/mol. The number of nitrogens with zero attached hydrogens (tertiary/aromatic N) is 1. The normalized spacial score (nSPS) is 9.44. The summed E-state index contributed by atoms with van der Waals surface area (Å²) in [6, 6.07) is 3.10. The van der Waals surface area contributed by atoms with Gasteiger partial charge in [0.05, 0.1) is 0 Å². The molecule has 9 heavy (non-hydrogen) atoms. The fraction of sp³-hybridized carbons (Fsp3) is 0. The van der Waals surface area contributed by atoms with Gasteiger partial charge in [0.1, 0.15) is 0 Å². The lowest BCUT2D eigenvalue weighted by Gasteiger charge is -2.06. The SMILES string of the molecule is O=c1c(P)cccn1[O-]. The molecule has 0 amide bonds. The third-order valence-electron chi connectivity index (χ3n) is 0.944. The van der Waals surface area contributed by atoms with E-state index in [-0.39, 0.29) is 0 Å². The molecule has 0 saturated heterocycles. The second kappa shape index (κ2) is 2.19. The quantitative estimate of drug-likeness (QED) is 0.466. The van der Waals surface area contributed by atoms with E-state index in [9.17, 15) is 10.0 Å². The average molecular weight is 142 g/mol. The number of hydrogen-bond acceptors (Lipinski definition) is 2. The first-order valence-electron chi connectivity index (χ1n) is 2.36. The minimum atomic E-state index is -0.512. The fourth-order valence-corrected chi connectivity index (χ4v) is 0.729. The summed E-state index contributed by atoms with van der Waals surface area (Å²) in [5, 5.41) is 10.8. The molecule has 0 aliphatic rings. The highest BCUT2D eigenvalue weighted by atomic mass is 31.0. The fourth-order valence-electron chi connectivity index (χ4n) is 0.491. The Balaban J connectivity index is 3.43. The molecule has 0 aromatic carbocycles. The van der Waals surface area contributed by atoms with Crippen LogP contribution in [0.4, 0.5) is 0 Å². The zero-order chi connectivity index (χ0) is 6.85. The van der Waals surface area contributed by atoms with E-state index in [2.05, 4.69) is 9.24 Å². The van der Waals surface area contributed by atoms with E-state index in [1.54, 1.807) is 6.07 Å². The highest BCUT2D eigenvalue weighted by Crippen LogP contribution is 1.80. The molecule has 4 heteroatoms. The van der Waals surface area contributed by atoms with Crippen molar-refractivity contribution in [3.8, 4) is 0 Å². The predicted molar refractivity (Wildman–Crippen MR) is 38.8 cm³/mol. The Morgan fingerprint density at radius 3 is 2.78 bits per heavy atom. The van der Waals surface area contributed by atoms with Crippen molar-refractivity contribution in [1.82, 2.24) is 4.73 Å². The van der Waals surface area contributed by atoms with E-state index >= 15 is 0 Å². The van der Waals surface area contributed by atoms with Gasteiger partial charge in [-0.1, -0.05) is 9.24 Å². The van der Waals surface area contributed by atoms with Crippen LogP contribution < -0.4 is 10.9 Å². The maximum Gasteiger partial charge on any atom is 0.253 e. The van der Waals surface area contributed by atoms with Crippen LogP contribution in [0.5, 0.6) is 0 Å². The van der Waals surface area contributed by atoms with E-state index < -0.39 is 5.56 Å². The van der Waals surface area contributed by atoms with Crippen LogP contribution in [0.25, 0.3) is 0 Å². The molecule has 1 unspecified atom stereocenters. The van der Waals surface area contributed by atoms with Gasteiger partial charge in [-0.2, -0.15) is 0 Å². The minimum Gasteiger partial charge on any atom is -0.803 e. The second-order valence-corrected chi connectivity index (χ2v) is 2.22. The summed E-state index contributed by atoms with van der Waals surface area (Å²) >= 11 is 0. The molecule has 1 atom stereocenters. The molecular formula is C5H5NO2P-. The lowest BCUT2D eigenvalue weighted by atomic mass is 10.5. The van der Waals surface area contributed by atoms with Gasteiger partial charge in [-0.15, -0.1) is 0 Å². The summed E-state index contributed by atoms with van der Waals surface area (Å²) in [6.45, 7) is 0. The first kappa shape index (κ1) is 6.30.